The molecular formula is C18H11BrN8O3. The fourth-order valence-corrected chi connectivity index (χ4v) is 3.74. The molecule has 2 aromatic carbocycles. The van der Waals surface area contributed by atoms with E-state index in [0.717, 1.165) is 10.0 Å². The summed E-state index contributed by atoms with van der Waals surface area (Å²) >= 11 is 3.42. The Morgan fingerprint density at radius 1 is 1.17 bits per heavy atom. The summed E-state index contributed by atoms with van der Waals surface area (Å²) in [5, 5.41) is 32.6. The molecule has 1 aliphatic heterocycles. The summed E-state index contributed by atoms with van der Waals surface area (Å²) in [5.74, 6) is 0.303. The number of hydrogen-bond acceptors (Lipinski definition) is 8. The van der Waals surface area contributed by atoms with Gasteiger partial charge in [-0.15, -0.1) is 0 Å². The van der Waals surface area contributed by atoms with Crippen LogP contribution in [0, 0.1) is 10.1 Å². The SMILES string of the molecule is O=c1[nH]nc(-c2cccc([N+](=O)[O-])c2)c2c1Nc1nnnn1[C@H]2c1ccc(Br)cc1. The van der Waals surface area contributed by atoms with Crippen molar-refractivity contribution in [1.29, 1.82) is 0 Å². The van der Waals surface area contributed by atoms with E-state index in [9.17, 15) is 14.9 Å². The van der Waals surface area contributed by atoms with Gasteiger partial charge in [-0.2, -0.15) is 9.78 Å². The second-order valence-electron chi connectivity index (χ2n) is 6.52. The molecule has 0 amide bonds. The van der Waals surface area contributed by atoms with Crippen LogP contribution in [-0.2, 0) is 0 Å². The molecule has 12 heteroatoms. The molecule has 0 radical (unpaired) electrons. The first-order valence-corrected chi connectivity index (χ1v) is 9.50. The Labute approximate surface area is 176 Å². The van der Waals surface area contributed by atoms with Gasteiger partial charge in [0.1, 0.15) is 11.7 Å². The molecule has 5 rings (SSSR count). The Morgan fingerprint density at radius 2 is 1.97 bits per heavy atom. The molecule has 1 aliphatic rings. The molecule has 1 atom stereocenters. The summed E-state index contributed by atoms with van der Waals surface area (Å²) in [5.41, 5.74) is 1.90. The van der Waals surface area contributed by atoms with Gasteiger partial charge in [0.15, 0.2) is 0 Å². The summed E-state index contributed by atoms with van der Waals surface area (Å²) in [6, 6.07) is 13.0. The molecule has 0 unspecified atom stereocenters. The van der Waals surface area contributed by atoms with Crippen molar-refractivity contribution < 1.29 is 4.92 Å². The summed E-state index contributed by atoms with van der Waals surface area (Å²) in [4.78, 5) is 23.4. The van der Waals surface area contributed by atoms with Crippen molar-refractivity contribution in [1.82, 2.24) is 30.4 Å². The molecule has 30 heavy (non-hydrogen) atoms. The highest BCUT2D eigenvalue weighted by molar-refractivity contribution is 9.10. The Balaban J connectivity index is 1.80. The van der Waals surface area contributed by atoms with Crippen molar-refractivity contribution in [3.05, 3.63) is 84.6 Å². The van der Waals surface area contributed by atoms with Gasteiger partial charge in [0, 0.05) is 27.7 Å². The maximum Gasteiger partial charge on any atom is 0.288 e. The molecule has 0 aliphatic carbocycles. The number of hydrogen-bond donors (Lipinski definition) is 2. The number of H-pyrrole nitrogens is 1. The third-order valence-electron chi connectivity index (χ3n) is 4.78. The first-order valence-electron chi connectivity index (χ1n) is 8.70. The van der Waals surface area contributed by atoms with Crippen molar-refractivity contribution >= 4 is 33.3 Å². The molecule has 11 nitrogen and oxygen atoms in total. The Hall–Kier alpha value is -3.93. The number of rotatable bonds is 3. The van der Waals surface area contributed by atoms with Gasteiger partial charge in [-0.05, 0) is 28.1 Å². The van der Waals surface area contributed by atoms with E-state index in [1.165, 1.54) is 12.1 Å². The topological polar surface area (TPSA) is 145 Å². The molecule has 148 valence electrons. The lowest BCUT2D eigenvalue weighted by Crippen LogP contribution is -2.29. The van der Waals surface area contributed by atoms with Gasteiger partial charge in [-0.3, -0.25) is 14.9 Å². The van der Waals surface area contributed by atoms with E-state index in [2.05, 4.69) is 47.0 Å². The number of fused-ring (bicyclic) bond motifs is 2. The van der Waals surface area contributed by atoms with Crippen molar-refractivity contribution in [3.63, 3.8) is 0 Å². The number of nitro groups is 1. The Kier molecular flexibility index (Phi) is 4.13. The molecule has 2 N–H and O–H groups in total. The molecule has 0 bridgehead atoms. The lowest BCUT2D eigenvalue weighted by molar-refractivity contribution is -0.384. The summed E-state index contributed by atoms with van der Waals surface area (Å²) < 4.78 is 2.44. The number of tetrazole rings is 1. The Morgan fingerprint density at radius 3 is 2.73 bits per heavy atom. The molecule has 4 aromatic rings. The highest BCUT2D eigenvalue weighted by Gasteiger charge is 2.34. The van der Waals surface area contributed by atoms with Crippen LogP contribution in [0.3, 0.4) is 0 Å². The summed E-state index contributed by atoms with van der Waals surface area (Å²) in [6.45, 7) is 0. The number of aromatic amines is 1. The molecule has 0 saturated carbocycles. The van der Waals surface area contributed by atoms with E-state index in [0.29, 0.717) is 22.8 Å². The largest absolute Gasteiger partial charge is 0.318 e. The van der Waals surface area contributed by atoms with Gasteiger partial charge >= 0.3 is 0 Å². The number of halogens is 1. The number of nitro benzene ring substituents is 1. The van der Waals surface area contributed by atoms with E-state index in [1.54, 1.807) is 16.8 Å². The monoisotopic (exact) mass is 466 g/mol. The predicted molar refractivity (Wildman–Crippen MR) is 109 cm³/mol. The van der Waals surface area contributed by atoms with Crippen LogP contribution in [0.1, 0.15) is 17.2 Å². The normalized spacial score (nSPS) is 14.5. The minimum Gasteiger partial charge on any atom is -0.318 e. The second-order valence-corrected chi connectivity index (χ2v) is 7.44. The smallest absolute Gasteiger partial charge is 0.288 e. The van der Waals surface area contributed by atoms with E-state index >= 15 is 0 Å². The van der Waals surface area contributed by atoms with Gasteiger partial charge < -0.3 is 5.32 Å². The van der Waals surface area contributed by atoms with Crippen LogP contribution in [0.4, 0.5) is 17.3 Å². The standard InChI is InChI=1S/C18H11BrN8O3/c19-11-6-4-9(5-7-11)16-13-14(10-2-1-3-12(8-10)27(29)30)21-22-17(28)15(13)20-18-23-24-25-26(16)18/h1-8,16H,(H,22,28)(H,20,23,25)/t16-/m0/s1. The van der Waals surface area contributed by atoms with Crippen LogP contribution in [0.2, 0.25) is 0 Å². The summed E-state index contributed by atoms with van der Waals surface area (Å²) in [6.07, 6.45) is 0. The van der Waals surface area contributed by atoms with Gasteiger partial charge in [0.2, 0.25) is 5.95 Å². The van der Waals surface area contributed by atoms with Crippen LogP contribution < -0.4 is 10.9 Å². The summed E-state index contributed by atoms with van der Waals surface area (Å²) in [7, 11) is 0. The van der Waals surface area contributed by atoms with Crippen molar-refractivity contribution in [2.45, 2.75) is 6.04 Å². The quantitative estimate of drug-likeness (QED) is 0.305. The number of nitrogens with zero attached hydrogens (tertiary/aromatic N) is 6. The number of benzene rings is 2. The van der Waals surface area contributed by atoms with E-state index in [1.807, 2.05) is 24.3 Å². The molecule has 3 heterocycles. The molecule has 0 spiro atoms. The van der Waals surface area contributed by atoms with Crippen molar-refractivity contribution in [2.75, 3.05) is 5.32 Å². The Bertz CT molecular complexity index is 1350. The average molecular weight is 467 g/mol. The lowest BCUT2D eigenvalue weighted by atomic mass is 9.92. The van der Waals surface area contributed by atoms with Gasteiger partial charge in [0.25, 0.3) is 11.2 Å². The van der Waals surface area contributed by atoms with Crippen LogP contribution in [-0.4, -0.2) is 35.3 Å². The molecule has 2 aromatic heterocycles. The minimum absolute atomic E-state index is 0.0821. The van der Waals surface area contributed by atoms with Crippen molar-refractivity contribution in [3.8, 4) is 11.3 Å². The molecule has 0 fully saturated rings. The second kappa shape index (κ2) is 6.84. The van der Waals surface area contributed by atoms with Gasteiger partial charge in [0.05, 0.1) is 10.6 Å². The fraction of sp³-hybridized carbons (Fsp3) is 0.0556. The number of nitrogens with one attached hydrogen (secondary N) is 2. The van der Waals surface area contributed by atoms with Crippen LogP contribution >= 0.6 is 15.9 Å². The third kappa shape index (κ3) is 2.85. The zero-order valence-corrected chi connectivity index (χ0v) is 16.6. The maximum absolute atomic E-state index is 12.6. The van der Waals surface area contributed by atoms with Gasteiger partial charge in [-0.1, -0.05) is 45.3 Å². The van der Waals surface area contributed by atoms with E-state index < -0.39 is 16.5 Å². The van der Waals surface area contributed by atoms with Crippen molar-refractivity contribution in [2.24, 2.45) is 0 Å². The number of anilines is 2. The highest BCUT2D eigenvalue weighted by Crippen LogP contribution is 2.41. The average Bonchev–Trinajstić information content (AvgIpc) is 3.22. The number of aromatic nitrogens is 6. The highest BCUT2D eigenvalue weighted by atomic mass is 79.9. The van der Waals surface area contributed by atoms with E-state index in [4.69, 9.17) is 0 Å². The molecule has 0 saturated heterocycles. The fourth-order valence-electron chi connectivity index (χ4n) is 3.48. The van der Waals surface area contributed by atoms with E-state index in [-0.39, 0.29) is 11.4 Å². The van der Waals surface area contributed by atoms with Gasteiger partial charge in [-0.25, -0.2) is 5.10 Å². The minimum atomic E-state index is -0.566. The van der Waals surface area contributed by atoms with Crippen LogP contribution in [0.15, 0.2) is 57.8 Å². The zero-order valence-electron chi connectivity index (χ0n) is 15.0. The zero-order chi connectivity index (χ0) is 20.8. The maximum atomic E-state index is 12.6. The predicted octanol–water partition coefficient (Wildman–Crippen LogP) is 2.79. The van der Waals surface area contributed by atoms with Crippen LogP contribution in [0.5, 0.6) is 0 Å². The number of non-ortho nitro benzene ring substituents is 1. The first-order chi connectivity index (χ1) is 14.5. The lowest BCUT2D eigenvalue weighted by Gasteiger charge is -2.27. The molecular weight excluding hydrogens is 456 g/mol. The third-order valence-corrected chi connectivity index (χ3v) is 5.31. The van der Waals surface area contributed by atoms with Crippen LogP contribution in [0.25, 0.3) is 11.3 Å². The first kappa shape index (κ1) is 18.1.